The molecule has 5 rings (SSSR count). The van der Waals surface area contributed by atoms with Gasteiger partial charge < -0.3 is 15.5 Å². The monoisotopic (exact) mass is 720 g/mol. The van der Waals surface area contributed by atoms with Gasteiger partial charge >= 0.3 is 6.03 Å². The zero-order chi connectivity index (χ0) is 38.3. The Morgan fingerprint density at radius 2 is 1.54 bits per heavy atom. The van der Waals surface area contributed by atoms with Crippen LogP contribution in [0.25, 0.3) is 0 Å². The molecule has 7 amide bonds. The molecule has 2 saturated carbocycles. The van der Waals surface area contributed by atoms with Crippen molar-refractivity contribution in [2.75, 3.05) is 19.6 Å². The number of nitrogens with zero attached hydrogens (tertiary/aromatic N) is 3. The molecule has 7 atom stereocenters. The highest BCUT2D eigenvalue weighted by atomic mass is 16.2. The van der Waals surface area contributed by atoms with Crippen molar-refractivity contribution in [2.24, 2.45) is 39.9 Å². The van der Waals surface area contributed by atoms with Crippen molar-refractivity contribution in [3.8, 4) is 0 Å². The Morgan fingerprint density at radius 3 is 2.10 bits per heavy atom. The summed E-state index contributed by atoms with van der Waals surface area (Å²) in [6.07, 6.45) is 3.45. The molecule has 0 spiro atoms. The highest BCUT2D eigenvalue weighted by Gasteiger charge is 2.70. The van der Waals surface area contributed by atoms with E-state index < -0.39 is 40.9 Å². The van der Waals surface area contributed by atoms with Gasteiger partial charge in [-0.25, -0.2) is 4.79 Å². The van der Waals surface area contributed by atoms with Crippen molar-refractivity contribution in [3.63, 3.8) is 0 Å². The zero-order valence-electron chi connectivity index (χ0n) is 32.6. The van der Waals surface area contributed by atoms with Gasteiger partial charge in [-0.15, -0.1) is 0 Å². The lowest BCUT2D eigenvalue weighted by molar-refractivity contribution is -0.153. The first-order chi connectivity index (χ1) is 24.2. The van der Waals surface area contributed by atoms with Gasteiger partial charge in [-0.3, -0.25) is 39.3 Å². The molecule has 52 heavy (non-hydrogen) atoms. The van der Waals surface area contributed by atoms with E-state index in [9.17, 15) is 28.8 Å². The van der Waals surface area contributed by atoms with Crippen molar-refractivity contribution in [1.29, 1.82) is 0 Å². The summed E-state index contributed by atoms with van der Waals surface area (Å²) in [5.74, 6) is -1.59. The molecule has 4 fully saturated rings. The van der Waals surface area contributed by atoms with Crippen molar-refractivity contribution >= 4 is 35.6 Å². The van der Waals surface area contributed by atoms with E-state index in [2.05, 4.69) is 29.9 Å². The quantitative estimate of drug-likeness (QED) is 0.230. The van der Waals surface area contributed by atoms with Gasteiger partial charge in [0.1, 0.15) is 12.1 Å². The normalized spacial score (nSPS) is 26.0. The maximum Gasteiger partial charge on any atom is 0.315 e. The minimum atomic E-state index is -0.989. The number of aryl methyl sites for hydroxylation is 1. The average molecular weight is 721 g/mol. The summed E-state index contributed by atoms with van der Waals surface area (Å²) in [4.78, 5) is 85.0. The summed E-state index contributed by atoms with van der Waals surface area (Å²) in [5, 5.41) is 7.30. The van der Waals surface area contributed by atoms with Crippen LogP contribution in [0.2, 0.25) is 0 Å². The molecule has 0 aromatic heterocycles. The first kappa shape index (κ1) is 39.3. The molecule has 2 aliphatic carbocycles. The number of hydrogen-bond acceptors (Lipinski definition) is 6. The maximum absolute atomic E-state index is 14.5. The third-order valence-electron chi connectivity index (χ3n) is 12.0. The lowest BCUT2D eigenvalue weighted by Crippen LogP contribution is -2.63. The molecule has 286 valence electrons. The van der Waals surface area contributed by atoms with Crippen LogP contribution in [0.1, 0.15) is 100.0 Å². The SMILES string of the molecule is CCCN(NC(=O)[C@@H]1[C@@H]2[C@H](CN1C(=O)[C@@H](NC(=O)N[C@H](CN1C(=O)C3CCC(C3)C1=O)C(C)(C)C)C(C)(C)C)C2(C)C)C(=O)CCc1ccccc1. The molecule has 2 heterocycles. The number of hydrogen-bond donors (Lipinski definition) is 3. The standard InChI is InChI=1S/C40H60N6O6/c1-10-20-46(29(47)19-16-24-14-12-11-13-15-24)43-33(48)31-30-27(40(30,8)9)22-44(31)36(51)32(39(5,6)7)42-37(52)41-28(38(2,3)4)23-45-34(49)25-17-18-26(21-25)35(45)50/h11-15,25-28,30-32H,10,16-23H2,1-9H3,(H,43,48)(H2,41,42,52)/t25?,26?,27-,28+,30-,31-,32+/m0/s1. The minimum Gasteiger partial charge on any atom is -0.333 e. The Labute approximate surface area is 309 Å². The van der Waals surface area contributed by atoms with Crippen LogP contribution < -0.4 is 16.1 Å². The molecule has 2 bridgehead atoms. The smallest absolute Gasteiger partial charge is 0.315 e. The van der Waals surface area contributed by atoms with Gasteiger partial charge in [0, 0.05) is 37.9 Å². The fraction of sp³-hybridized carbons (Fsp3) is 0.700. The van der Waals surface area contributed by atoms with Gasteiger partial charge in [-0.2, -0.15) is 0 Å². The van der Waals surface area contributed by atoms with Gasteiger partial charge in [0.2, 0.25) is 23.6 Å². The Hall–Kier alpha value is -3.96. The van der Waals surface area contributed by atoms with Crippen molar-refractivity contribution in [3.05, 3.63) is 35.9 Å². The van der Waals surface area contributed by atoms with Gasteiger partial charge in [0.15, 0.2) is 0 Å². The Balaban J connectivity index is 1.29. The fourth-order valence-electron chi connectivity index (χ4n) is 8.53. The molecule has 0 radical (unpaired) electrons. The third-order valence-corrected chi connectivity index (χ3v) is 12.0. The molecule has 1 aromatic carbocycles. The number of piperidine rings is 2. The fourth-order valence-corrected chi connectivity index (χ4v) is 8.53. The molecule has 4 aliphatic rings. The largest absolute Gasteiger partial charge is 0.333 e. The minimum absolute atomic E-state index is 0.0564. The summed E-state index contributed by atoms with van der Waals surface area (Å²) in [7, 11) is 0. The lowest BCUT2D eigenvalue weighted by atomic mass is 9.84. The highest BCUT2D eigenvalue weighted by molar-refractivity contribution is 6.01. The van der Waals surface area contributed by atoms with E-state index >= 15 is 0 Å². The van der Waals surface area contributed by atoms with Gasteiger partial charge in [-0.05, 0) is 65.7 Å². The molecule has 12 nitrogen and oxygen atoms in total. The zero-order valence-corrected chi connectivity index (χ0v) is 32.6. The number of imide groups is 1. The number of rotatable bonds is 11. The highest BCUT2D eigenvalue weighted by Crippen LogP contribution is 2.65. The average Bonchev–Trinajstić information content (AvgIpc) is 3.45. The third kappa shape index (κ3) is 8.15. The first-order valence-corrected chi connectivity index (χ1v) is 19.1. The molecule has 2 saturated heterocycles. The van der Waals surface area contributed by atoms with Crippen LogP contribution in [-0.4, -0.2) is 88.1 Å². The van der Waals surface area contributed by atoms with Crippen LogP contribution in [0.5, 0.6) is 0 Å². The van der Waals surface area contributed by atoms with E-state index in [-0.39, 0.29) is 65.7 Å². The summed E-state index contributed by atoms with van der Waals surface area (Å²) in [6, 6.07) is 6.77. The van der Waals surface area contributed by atoms with Gasteiger partial charge in [-0.1, -0.05) is 92.6 Å². The lowest BCUT2D eigenvalue weighted by Gasteiger charge is -2.40. The van der Waals surface area contributed by atoms with E-state index in [0.29, 0.717) is 45.2 Å². The first-order valence-electron chi connectivity index (χ1n) is 19.1. The second kappa shape index (κ2) is 14.8. The Morgan fingerprint density at radius 1 is 0.923 bits per heavy atom. The second-order valence-electron chi connectivity index (χ2n) is 18.2. The molecule has 3 N–H and O–H groups in total. The molecule has 12 heteroatoms. The number of carbonyl (C=O) groups excluding carboxylic acids is 6. The predicted molar refractivity (Wildman–Crippen MR) is 197 cm³/mol. The van der Waals surface area contributed by atoms with Crippen LogP contribution >= 0.6 is 0 Å². The van der Waals surface area contributed by atoms with Crippen molar-refractivity contribution < 1.29 is 28.8 Å². The summed E-state index contributed by atoms with van der Waals surface area (Å²) in [6.45, 7) is 18.3. The molecule has 2 aliphatic heterocycles. The summed E-state index contributed by atoms with van der Waals surface area (Å²) < 4.78 is 0. The van der Waals surface area contributed by atoms with E-state index in [0.717, 1.165) is 5.56 Å². The number of carbonyl (C=O) groups is 6. The van der Waals surface area contributed by atoms with Crippen LogP contribution in [0.4, 0.5) is 4.79 Å². The number of urea groups is 1. The number of fused-ring (bicyclic) bond motifs is 3. The molecule has 2 unspecified atom stereocenters. The molecular formula is C40H60N6O6. The predicted octanol–water partition coefficient (Wildman–Crippen LogP) is 4.29. The number of benzene rings is 1. The maximum atomic E-state index is 14.5. The topological polar surface area (TPSA) is 148 Å². The Bertz CT molecular complexity index is 1530. The van der Waals surface area contributed by atoms with Crippen LogP contribution in [-0.2, 0) is 30.4 Å². The summed E-state index contributed by atoms with van der Waals surface area (Å²) >= 11 is 0. The van der Waals surface area contributed by atoms with E-state index in [1.165, 1.54) is 9.91 Å². The number of likely N-dealkylation sites (tertiary alicyclic amines) is 2. The number of amides is 7. The van der Waals surface area contributed by atoms with Gasteiger partial charge in [0.25, 0.3) is 5.91 Å². The van der Waals surface area contributed by atoms with Crippen LogP contribution in [0.3, 0.4) is 0 Å². The number of nitrogens with one attached hydrogen (secondary N) is 3. The Kier molecular flexibility index (Phi) is 11.2. The van der Waals surface area contributed by atoms with E-state index in [1.54, 1.807) is 4.90 Å². The van der Waals surface area contributed by atoms with Crippen LogP contribution in [0.15, 0.2) is 30.3 Å². The summed E-state index contributed by atoms with van der Waals surface area (Å²) in [5.41, 5.74) is 2.53. The van der Waals surface area contributed by atoms with E-state index in [4.69, 9.17) is 0 Å². The molecule has 1 aromatic rings. The van der Waals surface area contributed by atoms with Gasteiger partial charge in [0.05, 0.1) is 6.04 Å². The van der Waals surface area contributed by atoms with Crippen molar-refractivity contribution in [2.45, 2.75) is 119 Å². The number of hydrazine groups is 1. The van der Waals surface area contributed by atoms with Crippen LogP contribution in [0, 0.1) is 39.9 Å². The second-order valence-corrected chi connectivity index (χ2v) is 18.2. The van der Waals surface area contributed by atoms with E-state index in [1.807, 2.05) is 78.8 Å². The van der Waals surface area contributed by atoms with Crippen molar-refractivity contribution in [1.82, 2.24) is 30.9 Å². The molecular weight excluding hydrogens is 660 g/mol.